The Hall–Kier alpha value is -1.14. The van der Waals surface area contributed by atoms with Crippen LogP contribution in [0.4, 0.5) is 0 Å². The first-order valence-electron chi connectivity index (χ1n) is 4.34. The highest BCUT2D eigenvalue weighted by atomic mass is 16.8. The first-order chi connectivity index (χ1) is 6.34. The van der Waals surface area contributed by atoms with Gasteiger partial charge in [-0.3, -0.25) is 20.0 Å². The predicted molar refractivity (Wildman–Crippen MR) is 47.2 cm³/mol. The van der Waals surface area contributed by atoms with Gasteiger partial charge in [0.1, 0.15) is 0 Å². The van der Waals surface area contributed by atoms with E-state index in [1.807, 2.05) is 13.8 Å². The van der Waals surface area contributed by atoms with Crippen LogP contribution < -0.4 is 5.73 Å². The maximum atomic E-state index is 11.1. The number of primary amides is 1. The molecule has 0 fully saturated rings. The zero-order chi connectivity index (χ0) is 11.3. The predicted octanol–water partition coefficient (Wildman–Crippen LogP) is 0.131. The van der Waals surface area contributed by atoms with E-state index in [0.717, 1.165) is 0 Å². The first kappa shape index (κ1) is 12.9. The smallest absolute Gasteiger partial charge is 0.276 e. The Kier molecular flexibility index (Phi) is 5.11. The normalized spacial score (nSPS) is 12.6. The zero-order valence-corrected chi connectivity index (χ0v) is 8.30. The highest BCUT2D eigenvalue weighted by Gasteiger charge is 2.25. The Balaban J connectivity index is 4.38. The molecule has 6 nitrogen and oxygen atoms in total. The van der Waals surface area contributed by atoms with Crippen molar-refractivity contribution >= 4 is 11.8 Å². The van der Waals surface area contributed by atoms with E-state index in [4.69, 9.17) is 16.1 Å². The van der Waals surface area contributed by atoms with Gasteiger partial charge in [-0.2, -0.15) is 0 Å². The van der Waals surface area contributed by atoms with Crippen LogP contribution in [0.3, 0.4) is 0 Å². The van der Waals surface area contributed by atoms with Gasteiger partial charge in [0.15, 0.2) is 0 Å². The lowest BCUT2D eigenvalue weighted by Crippen LogP contribution is -2.34. The SMILES string of the molecule is CC(C)C[C@H](CC(N)=O)C(=O)N(O)O. The molecule has 0 bridgehead atoms. The third-order valence-electron chi connectivity index (χ3n) is 1.75. The molecule has 2 amide bonds. The molecule has 0 spiro atoms. The molecule has 4 N–H and O–H groups in total. The van der Waals surface area contributed by atoms with E-state index in [0.29, 0.717) is 6.42 Å². The quantitative estimate of drug-likeness (QED) is 0.437. The molecular formula is C8H16N2O4. The van der Waals surface area contributed by atoms with E-state index >= 15 is 0 Å². The zero-order valence-electron chi connectivity index (χ0n) is 8.30. The molecule has 14 heavy (non-hydrogen) atoms. The second-order valence-corrected chi connectivity index (χ2v) is 3.62. The molecule has 82 valence electrons. The van der Waals surface area contributed by atoms with Crippen LogP contribution in [0.5, 0.6) is 0 Å². The fourth-order valence-corrected chi connectivity index (χ4v) is 1.25. The van der Waals surface area contributed by atoms with Crippen molar-refractivity contribution in [3.05, 3.63) is 0 Å². The Morgan fingerprint density at radius 2 is 1.86 bits per heavy atom. The number of carbonyl (C=O) groups excluding carboxylic acids is 2. The molecule has 6 heteroatoms. The third kappa shape index (κ3) is 4.78. The summed E-state index contributed by atoms with van der Waals surface area (Å²) in [5, 5.41) is 16.5. The second kappa shape index (κ2) is 5.56. The number of amides is 2. The standard InChI is InChI=1S/C8H16N2O4/c1-5(2)3-6(4-7(9)11)8(12)10(13)14/h5-6,13-14H,3-4H2,1-2H3,(H2,9,11)/t6-/m1/s1. The van der Waals surface area contributed by atoms with Gasteiger partial charge in [-0.05, 0) is 12.3 Å². The molecule has 0 aliphatic heterocycles. The highest BCUT2D eigenvalue weighted by molar-refractivity contribution is 5.83. The van der Waals surface area contributed by atoms with Gasteiger partial charge in [-0.15, -0.1) is 0 Å². The maximum Gasteiger partial charge on any atom is 0.276 e. The van der Waals surface area contributed by atoms with E-state index in [9.17, 15) is 9.59 Å². The molecule has 0 rings (SSSR count). The van der Waals surface area contributed by atoms with E-state index < -0.39 is 23.0 Å². The molecule has 0 aromatic rings. The van der Waals surface area contributed by atoms with E-state index in [2.05, 4.69) is 0 Å². The summed E-state index contributed by atoms with van der Waals surface area (Å²) in [4.78, 5) is 21.7. The molecule has 0 aromatic carbocycles. The van der Waals surface area contributed by atoms with Crippen molar-refractivity contribution in [3.8, 4) is 0 Å². The van der Waals surface area contributed by atoms with Crippen molar-refractivity contribution in [1.82, 2.24) is 5.23 Å². The summed E-state index contributed by atoms with van der Waals surface area (Å²) in [6, 6.07) is 0. The van der Waals surface area contributed by atoms with Crippen molar-refractivity contribution in [2.24, 2.45) is 17.6 Å². The lowest BCUT2D eigenvalue weighted by molar-refractivity contribution is -0.288. The molecule has 0 heterocycles. The van der Waals surface area contributed by atoms with Gasteiger partial charge >= 0.3 is 0 Å². The fourth-order valence-electron chi connectivity index (χ4n) is 1.25. The molecule has 0 radical (unpaired) electrons. The average molecular weight is 204 g/mol. The fraction of sp³-hybridized carbons (Fsp3) is 0.750. The summed E-state index contributed by atoms with van der Waals surface area (Å²) in [6.07, 6.45) is 0.216. The van der Waals surface area contributed by atoms with Crippen LogP contribution in [-0.2, 0) is 9.59 Å². The summed E-state index contributed by atoms with van der Waals surface area (Å²) in [5.74, 6) is -2.13. The van der Waals surface area contributed by atoms with Crippen LogP contribution in [0.15, 0.2) is 0 Å². The van der Waals surface area contributed by atoms with Crippen LogP contribution in [0, 0.1) is 11.8 Å². The summed E-state index contributed by atoms with van der Waals surface area (Å²) in [7, 11) is 0. The molecule has 0 unspecified atom stereocenters. The van der Waals surface area contributed by atoms with Crippen molar-refractivity contribution < 1.29 is 20.0 Å². The molecule has 0 saturated carbocycles. The van der Waals surface area contributed by atoms with Crippen molar-refractivity contribution in [1.29, 1.82) is 0 Å². The first-order valence-corrected chi connectivity index (χ1v) is 4.34. The van der Waals surface area contributed by atoms with Gasteiger partial charge in [0.2, 0.25) is 5.91 Å². The molecule has 0 saturated heterocycles. The van der Waals surface area contributed by atoms with Gasteiger partial charge in [-0.1, -0.05) is 19.1 Å². The van der Waals surface area contributed by atoms with Crippen LogP contribution in [-0.4, -0.2) is 27.5 Å². The minimum atomic E-state index is -0.905. The molecule has 0 aliphatic rings. The molecule has 0 aliphatic carbocycles. The van der Waals surface area contributed by atoms with E-state index in [-0.39, 0.29) is 12.3 Å². The van der Waals surface area contributed by atoms with Crippen LogP contribution in [0.1, 0.15) is 26.7 Å². The second-order valence-electron chi connectivity index (χ2n) is 3.62. The summed E-state index contributed by atoms with van der Waals surface area (Å²) in [6.45, 7) is 3.72. The van der Waals surface area contributed by atoms with Crippen LogP contribution in [0.2, 0.25) is 0 Å². The lowest BCUT2D eigenvalue weighted by atomic mass is 9.93. The average Bonchev–Trinajstić information content (AvgIpc) is 1.99. The van der Waals surface area contributed by atoms with Crippen molar-refractivity contribution in [3.63, 3.8) is 0 Å². The number of nitrogens with zero attached hydrogens (tertiary/aromatic N) is 1. The topological polar surface area (TPSA) is 104 Å². The Labute approximate surface area is 82.2 Å². The maximum absolute atomic E-state index is 11.1. The van der Waals surface area contributed by atoms with E-state index in [1.165, 1.54) is 0 Å². The molecule has 0 aromatic heterocycles. The van der Waals surface area contributed by atoms with Crippen LogP contribution >= 0.6 is 0 Å². The Morgan fingerprint density at radius 3 is 2.14 bits per heavy atom. The number of nitrogens with two attached hydrogens (primary N) is 1. The molecular weight excluding hydrogens is 188 g/mol. The lowest BCUT2D eigenvalue weighted by Gasteiger charge is -2.17. The van der Waals surface area contributed by atoms with Gasteiger partial charge < -0.3 is 5.73 Å². The van der Waals surface area contributed by atoms with Gasteiger partial charge in [0.25, 0.3) is 5.91 Å². The minimum Gasteiger partial charge on any atom is -0.370 e. The van der Waals surface area contributed by atoms with Crippen molar-refractivity contribution in [2.75, 3.05) is 0 Å². The van der Waals surface area contributed by atoms with Gasteiger partial charge in [0.05, 0.1) is 5.92 Å². The molecule has 1 atom stereocenters. The number of carbonyl (C=O) groups is 2. The Bertz CT molecular complexity index is 215. The number of hydrogen-bond donors (Lipinski definition) is 3. The summed E-state index contributed by atoms with van der Waals surface area (Å²) in [5.41, 5.74) is 4.93. The largest absolute Gasteiger partial charge is 0.370 e. The van der Waals surface area contributed by atoms with Gasteiger partial charge in [-0.25, -0.2) is 0 Å². The van der Waals surface area contributed by atoms with Crippen LogP contribution in [0.25, 0.3) is 0 Å². The van der Waals surface area contributed by atoms with Crippen molar-refractivity contribution in [2.45, 2.75) is 26.7 Å². The highest BCUT2D eigenvalue weighted by Crippen LogP contribution is 2.16. The monoisotopic (exact) mass is 204 g/mol. The summed E-state index contributed by atoms with van der Waals surface area (Å²) >= 11 is 0. The van der Waals surface area contributed by atoms with Gasteiger partial charge in [0, 0.05) is 6.42 Å². The van der Waals surface area contributed by atoms with E-state index in [1.54, 1.807) is 0 Å². The Morgan fingerprint density at radius 1 is 1.36 bits per heavy atom. The minimum absolute atomic E-state index is 0.170. The summed E-state index contributed by atoms with van der Waals surface area (Å²) < 4.78 is 0. The number of hydroxylamine groups is 2. The third-order valence-corrected chi connectivity index (χ3v) is 1.75. The number of rotatable bonds is 5. The number of hydrogen-bond acceptors (Lipinski definition) is 4.